The molecule has 2 aliphatic rings. The van der Waals surface area contributed by atoms with Crippen molar-refractivity contribution >= 4 is 23.6 Å². The Labute approximate surface area is 99.2 Å². The van der Waals surface area contributed by atoms with Gasteiger partial charge >= 0.3 is 5.97 Å². The van der Waals surface area contributed by atoms with Crippen molar-refractivity contribution in [2.45, 2.75) is 37.4 Å². The zero-order chi connectivity index (χ0) is 11.6. The summed E-state index contributed by atoms with van der Waals surface area (Å²) in [4.78, 5) is 22.8. The number of nitrogens with one attached hydrogen (secondary N) is 1. The molecule has 1 unspecified atom stereocenters. The van der Waals surface area contributed by atoms with E-state index in [4.69, 9.17) is 5.11 Å². The van der Waals surface area contributed by atoms with Gasteiger partial charge in [0.05, 0.1) is 10.7 Å². The molecular formula is C11H17NO3S. The minimum atomic E-state index is -0.766. The SMILES string of the molecule is O=C(NCC1(C(=O)O)CCC1)C1CCCS1. The molecule has 1 aliphatic carbocycles. The maximum absolute atomic E-state index is 11.7. The molecule has 90 valence electrons. The lowest BCUT2D eigenvalue weighted by Gasteiger charge is -2.37. The highest BCUT2D eigenvalue weighted by atomic mass is 32.2. The van der Waals surface area contributed by atoms with Crippen LogP contribution in [0.15, 0.2) is 0 Å². The minimum Gasteiger partial charge on any atom is -0.481 e. The highest BCUT2D eigenvalue weighted by Gasteiger charge is 2.44. The van der Waals surface area contributed by atoms with Gasteiger partial charge in [0.15, 0.2) is 0 Å². The van der Waals surface area contributed by atoms with Crippen LogP contribution in [-0.2, 0) is 9.59 Å². The summed E-state index contributed by atoms with van der Waals surface area (Å²) in [6.45, 7) is 0.304. The number of carbonyl (C=O) groups excluding carboxylic acids is 1. The van der Waals surface area contributed by atoms with Gasteiger partial charge in [0, 0.05) is 6.54 Å². The molecule has 1 aliphatic heterocycles. The largest absolute Gasteiger partial charge is 0.481 e. The Morgan fingerprint density at radius 1 is 1.38 bits per heavy atom. The summed E-state index contributed by atoms with van der Waals surface area (Å²) in [5.41, 5.74) is -0.668. The molecule has 1 amide bonds. The standard InChI is InChI=1S/C11H17NO3S/c13-9(8-3-1-6-16-8)12-7-11(10(14)15)4-2-5-11/h8H,1-7H2,(H,12,13)(H,14,15). The van der Waals surface area contributed by atoms with Gasteiger partial charge in [-0.2, -0.15) is 0 Å². The van der Waals surface area contributed by atoms with Crippen molar-refractivity contribution in [1.82, 2.24) is 5.32 Å². The van der Waals surface area contributed by atoms with Crippen LogP contribution in [0.4, 0.5) is 0 Å². The molecule has 2 N–H and O–H groups in total. The van der Waals surface area contributed by atoms with Crippen molar-refractivity contribution in [3.8, 4) is 0 Å². The summed E-state index contributed by atoms with van der Waals surface area (Å²) in [6, 6.07) is 0. The zero-order valence-electron chi connectivity index (χ0n) is 9.20. The smallest absolute Gasteiger partial charge is 0.311 e. The van der Waals surface area contributed by atoms with Crippen molar-refractivity contribution in [2.75, 3.05) is 12.3 Å². The number of carboxylic acids is 1. The van der Waals surface area contributed by atoms with E-state index in [0.29, 0.717) is 19.4 Å². The molecule has 0 bridgehead atoms. The van der Waals surface area contributed by atoms with Gasteiger partial charge in [-0.25, -0.2) is 0 Å². The number of rotatable bonds is 4. The molecule has 0 radical (unpaired) electrons. The summed E-state index contributed by atoms with van der Waals surface area (Å²) in [7, 11) is 0. The summed E-state index contributed by atoms with van der Waals surface area (Å²) < 4.78 is 0. The van der Waals surface area contributed by atoms with Crippen molar-refractivity contribution in [1.29, 1.82) is 0 Å². The average molecular weight is 243 g/mol. The van der Waals surface area contributed by atoms with Gasteiger partial charge in [-0.3, -0.25) is 9.59 Å². The Kier molecular flexibility index (Phi) is 3.42. The van der Waals surface area contributed by atoms with E-state index in [1.165, 1.54) is 0 Å². The molecule has 0 aromatic heterocycles. The summed E-state index contributed by atoms with van der Waals surface area (Å²) in [5.74, 6) is 0.301. The average Bonchev–Trinajstić information content (AvgIpc) is 2.67. The Hall–Kier alpha value is -0.710. The summed E-state index contributed by atoms with van der Waals surface area (Å²) >= 11 is 1.68. The Bertz CT molecular complexity index is 296. The predicted octanol–water partition coefficient (Wildman–Crippen LogP) is 1.25. The van der Waals surface area contributed by atoms with Crippen LogP contribution in [0.5, 0.6) is 0 Å². The van der Waals surface area contributed by atoms with Crippen LogP contribution in [0.25, 0.3) is 0 Å². The molecule has 2 rings (SSSR count). The zero-order valence-corrected chi connectivity index (χ0v) is 10.0. The molecule has 0 aromatic carbocycles. The van der Waals surface area contributed by atoms with E-state index in [-0.39, 0.29) is 11.2 Å². The maximum atomic E-state index is 11.7. The first-order chi connectivity index (χ1) is 7.64. The molecular weight excluding hydrogens is 226 g/mol. The Morgan fingerprint density at radius 3 is 2.56 bits per heavy atom. The van der Waals surface area contributed by atoms with E-state index in [2.05, 4.69) is 5.32 Å². The van der Waals surface area contributed by atoms with Crippen molar-refractivity contribution < 1.29 is 14.7 Å². The van der Waals surface area contributed by atoms with E-state index in [0.717, 1.165) is 25.0 Å². The third kappa shape index (κ3) is 2.19. The highest BCUT2D eigenvalue weighted by Crippen LogP contribution is 2.40. The fraction of sp³-hybridized carbons (Fsp3) is 0.818. The number of thioether (sulfide) groups is 1. The first-order valence-corrected chi connectivity index (χ1v) is 6.82. The molecule has 1 atom stereocenters. The molecule has 5 heteroatoms. The fourth-order valence-electron chi connectivity index (χ4n) is 2.22. The number of aliphatic carboxylic acids is 1. The molecule has 1 saturated carbocycles. The van der Waals surface area contributed by atoms with Crippen LogP contribution in [0, 0.1) is 5.41 Å². The van der Waals surface area contributed by atoms with Gasteiger partial charge in [-0.15, -0.1) is 11.8 Å². The quantitative estimate of drug-likeness (QED) is 0.780. The number of hydrogen-bond donors (Lipinski definition) is 2. The van der Waals surface area contributed by atoms with E-state index in [9.17, 15) is 9.59 Å². The van der Waals surface area contributed by atoms with E-state index < -0.39 is 11.4 Å². The van der Waals surface area contributed by atoms with Crippen LogP contribution in [0.2, 0.25) is 0 Å². The fourth-order valence-corrected chi connectivity index (χ4v) is 3.41. The first kappa shape index (κ1) is 11.8. The van der Waals surface area contributed by atoms with Crippen LogP contribution in [0.1, 0.15) is 32.1 Å². The topological polar surface area (TPSA) is 66.4 Å². The normalized spacial score (nSPS) is 27.1. The summed E-state index contributed by atoms with van der Waals surface area (Å²) in [5, 5.41) is 12.0. The van der Waals surface area contributed by atoms with Crippen LogP contribution >= 0.6 is 11.8 Å². The summed E-state index contributed by atoms with van der Waals surface area (Å²) in [6.07, 6.45) is 4.37. The van der Waals surface area contributed by atoms with E-state index in [1.807, 2.05) is 0 Å². The second kappa shape index (κ2) is 4.65. The van der Waals surface area contributed by atoms with E-state index >= 15 is 0 Å². The van der Waals surface area contributed by atoms with Crippen molar-refractivity contribution in [2.24, 2.45) is 5.41 Å². The highest BCUT2D eigenvalue weighted by molar-refractivity contribution is 8.00. The van der Waals surface area contributed by atoms with E-state index in [1.54, 1.807) is 11.8 Å². The number of carboxylic acid groups (broad SMARTS) is 1. The Morgan fingerprint density at radius 2 is 2.12 bits per heavy atom. The second-order valence-electron chi connectivity index (χ2n) is 4.66. The molecule has 1 saturated heterocycles. The lowest BCUT2D eigenvalue weighted by molar-refractivity contribution is -0.154. The minimum absolute atomic E-state index is 0.0232. The molecule has 16 heavy (non-hydrogen) atoms. The second-order valence-corrected chi connectivity index (χ2v) is 5.97. The van der Waals surface area contributed by atoms with Gasteiger partial charge < -0.3 is 10.4 Å². The number of amides is 1. The maximum Gasteiger partial charge on any atom is 0.311 e. The van der Waals surface area contributed by atoms with Crippen LogP contribution < -0.4 is 5.32 Å². The third-order valence-corrected chi connectivity index (χ3v) is 4.96. The van der Waals surface area contributed by atoms with Crippen molar-refractivity contribution in [3.63, 3.8) is 0 Å². The van der Waals surface area contributed by atoms with Gasteiger partial charge in [0.2, 0.25) is 5.91 Å². The molecule has 0 aromatic rings. The molecule has 2 fully saturated rings. The number of hydrogen-bond acceptors (Lipinski definition) is 3. The predicted molar refractivity (Wildman–Crippen MR) is 62.4 cm³/mol. The van der Waals surface area contributed by atoms with Gasteiger partial charge in [-0.05, 0) is 31.4 Å². The molecule has 0 spiro atoms. The first-order valence-electron chi connectivity index (χ1n) is 5.77. The monoisotopic (exact) mass is 243 g/mol. The molecule has 1 heterocycles. The van der Waals surface area contributed by atoms with Gasteiger partial charge in [0.25, 0.3) is 0 Å². The third-order valence-electron chi connectivity index (χ3n) is 3.59. The van der Waals surface area contributed by atoms with Crippen LogP contribution in [0.3, 0.4) is 0 Å². The van der Waals surface area contributed by atoms with Gasteiger partial charge in [-0.1, -0.05) is 6.42 Å². The van der Waals surface area contributed by atoms with Crippen molar-refractivity contribution in [3.05, 3.63) is 0 Å². The van der Waals surface area contributed by atoms with Crippen LogP contribution in [-0.4, -0.2) is 34.5 Å². The number of carbonyl (C=O) groups is 2. The van der Waals surface area contributed by atoms with Gasteiger partial charge in [0.1, 0.15) is 0 Å². The Balaban J connectivity index is 1.81. The lowest BCUT2D eigenvalue weighted by Crippen LogP contribution is -2.48. The molecule has 4 nitrogen and oxygen atoms in total. The lowest BCUT2D eigenvalue weighted by atomic mass is 9.69.